The lowest BCUT2D eigenvalue weighted by molar-refractivity contribution is 0.670. The Labute approximate surface area is 285 Å². The first kappa shape index (κ1) is 26.9. The maximum absolute atomic E-state index is 6.77. The van der Waals surface area contributed by atoms with Crippen LogP contribution in [0.15, 0.2) is 168 Å². The number of nitrogens with zero attached hydrogens (tertiary/aromatic N) is 1. The maximum Gasteiger partial charge on any atom is 0.143 e. The molecule has 0 radical (unpaired) electrons. The van der Waals surface area contributed by atoms with E-state index < -0.39 is 0 Å². The number of benzene rings is 8. The Kier molecular flexibility index (Phi) is 5.57. The van der Waals surface area contributed by atoms with Gasteiger partial charge in [0.1, 0.15) is 11.2 Å². The van der Waals surface area contributed by atoms with E-state index in [-0.39, 0.29) is 0 Å². The molecule has 0 saturated heterocycles. The molecule has 8 aromatic carbocycles. The van der Waals surface area contributed by atoms with Crippen LogP contribution >= 0.6 is 11.3 Å². The Morgan fingerprint density at radius 1 is 0.449 bits per heavy atom. The third-order valence-electron chi connectivity index (χ3n) is 10.2. The van der Waals surface area contributed by atoms with Gasteiger partial charge >= 0.3 is 0 Å². The van der Waals surface area contributed by atoms with Gasteiger partial charge in [-0.05, 0) is 76.0 Å². The Balaban J connectivity index is 1.30. The van der Waals surface area contributed by atoms with E-state index in [9.17, 15) is 0 Å². The van der Waals surface area contributed by atoms with Gasteiger partial charge < -0.3 is 8.98 Å². The van der Waals surface area contributed by atoms with Crippen molar-refractivity contribution in [2.75, 3.05) is 0 Å². The Morgan fingerprint density at radius 3 is 1.90 bits per heavy atom. The number of hydrogen-bond donors (Lipinski definition) is 0. The van der Waals surface area contributed by atoms with E-state index in [1.54, 1.807) is 0 Å². The minimum atomic E-state index is 0.905. The molecule has 0 aliphatic heterocycles. The summed E-state index contributed by atoms with van der Waals surface area (Å²) in [6.07, 6.45) is 0. The van der Waals surface area contributed by atoms with Crippen molar-refractivity contribution in [2.24, 2.45) is 0 Å². The lowest BCUT2D eigenvalue weighted by Gasteiger charge is -2.16. The summed E-state index contributed by atoms with van der Waals surface area (Å²) in [5.41, 5.74) is 10.0. The first-order valence-corrected chi connectivity index (χ1v) is 17.5. The monoisotopic (exact) mass is 641 g/mol. The smallest absolute Gasteiger partial charge is 0.143 e. The molecule has 11 rings (SSSR count). The summed E-state index contributed by atoms with van der Waals surface area (Å²) in [5.74, 6) is 0. The van der Waals surface area contributed by atoms with Crippen molar-refractivity contribution in [3.8, 4) is 27.9 Å². The average molecular weight is 642 g/mol. The van der Waals surface area contributed by atoms with Crippen molar-refractivity contribution < 1.29 is 4.42 Å². The number of furan rings is 1. The second kappa shape index (κ2) is 10.2. The molecule has 0 bridgehead atoms. The summed E-state index contributed by atoms with van der Waals surface area (Å²) in [6, 6.07) is 59.5. The maximum atomic E-state index is 6.77. The molecule has 49 heavy (non-hydrogen) atoms. The van der Waals surface area contributed by atoms with Crippen LogP contribution in [0.4, 0.5) is 0 Å². The number of aromatic nitrogens is 1. The molecule has 0 spiro atoms. The third kappa shape index (κ3) is 3.88. The third-order valence-corrected chi connectivity index (χ3v) is 11.4. The first-order valence-electron chi connectivity index (χ1n) is 16.7. The fourth-order valence-electron chi connectivity index (χ4n) is 8.02. The highest BCUT2D eigenvalue weighted by Gasteiger charge is 2.20. The molecule has 0 aliphatic carbocycles. The minimum absolute atomic E-state index is 0.905. The van der Waals surface area contributed by atoms with Crippen molar-refractivity contribution >= 4 is 86.0 Å². The lowest BCUT2D eigenvalue weighted by Crippen LogP contribution is -1.96. The summed E-state index contributed by atoms with van der Waals surface area (Å²) < 4.78 is 11.8. The summed E-state index contributed by atoms with van der Waals surface area (Å²) in [7, 11) is 0. The highest BCUT2D eigenvalue weighted by molar-refractivity contribution is 7.26. The predicted octanol–water partition coefficient (Wildman–Crippen LogP) is 13.5. The number of thiophene rings is 1. The van der Waals surface area contributed by atoms with E-state index in [2.05, 4.69) is 168 Å². The predicted molar refractivity (Wildman–Crippen MR) is 209 cm³/mol. The molecule has 0 fully saturated rings. The number of hydrogen-bond acceptors (Lipinski definition) is 2. The second-order valence-electron chi connectivity index (χ2n) is 12.9. The number of fused-ring (bicyclic) bond motifs is 10. The van der Waals surface area contributed by atoms with Crippen molar-refractivity contribution in [1.82, 2.24) is 4.57 Å². The van der Waals surface area contributed by atoms with Crippen molar-refractivity contribution in [2.45, 2.75) is 0 Å². The zero-order valence-electron chi connectivity index (χ0n) is 26.4. The summed E-state index contributed by atoms with van der Waals surface area (Å²) in [6.45, 7) is 0. The summed E-state index contributed by atoms with van der Waals surface area (Å²) in [4.78, 5) is 0. The average Bonchev–Trinajstić information content (AvgIpc) is 3.83. The zero-order chi connectivity index (χ0) is 32.1. The van der Waals surface area contributed by atoms with Gasteiger partial charge in [0.25, 0.3) is 0 Å². The molecule has 0 amide bonds. The minimum Gasteiger partial charge on any atom is -0.455 e. The molecule has 0 aliphatic rings. The van der Waals surface area contributed by atoms with Crippen LogP contribution in [0.1, 0.15) is 0 Å². The van der Waals surface area contributed by atoms with E-state index in [0.717, 1.165) is 38.8 Å². The molecule has 3 heteroatoms. The topological polar surface area (TPSA) is 18.1 Å². The van der Waals surface area contributed by atoms with Crippen LogP contribution in [0, 0.1) is 0 Å². The van der Waals surface area contributed by atoms with Gasteiger partial charge in [0.05, 0.1) is 11.0 Å². The van der Waals surface area contributed by atoms with Gasteiger partial charge in [-0.25, -0.2) is 0 Å². The first-order chi connectivity index (χ1) is 24.3. The standard InChI is InChI=1S/C46H27NOS/c1-2-13-32-28(12-1)27-39-36-16-5-9-22-42(36)48-45(39)44(32)30-24-29(33-18-11-19-38-37-17-6-10-23-43(37)49-46(33)38)25-31(26-30)47-40-20-7-3-14-34(40)35-15-4-8-21-41(35)47/h1-27H. The van der Waals surface area contributed by atoms with Crippen LogP contribution in [0.2, 0.25) is 0 Å². The van der Waals surface area contributed by atoms with Crippen LogP contribution in [0.3, 0.4) is 0 Å². The largest absolute Gasteiger partial charge is 0.455 e. The van der Waals surface area contributed by atoms with E-state index in [0.29, 0.717) is 0 Å². The fourth-order valence-corrected chi connectivity index (χ4v) is 9.26. The SMILES string of the molecule is c1ccc2c(-c3cc(-c4cccc5c4sc4ccccc45)cc(-n4c5ccccc5c5ccccc54)c3)c3oc4ccccc4c3cc2c1. The molecule has 3 aromatic heterocycles. The highest BCUT2D eigenvalue weighted by Crippen LogP contribution is 2.46. The fraction of sp³-hybridized carbons (Fsp3) is 0. The van der Waals surface area contributed by atoms with Gasteiger partial charge in [-0.3, -0.25) is 0 Å². The Bertz CT molecular complexity index is 3070. The molecule has 3 heterocycles. The van der Waals surface area contributed by atoms with Crippen LogP contribution in [-0.2, 0) is 0 Å². The highest BCUT2D eigenvalue weighted by atomic mass is 32.1. The van der Waals surface area contributed by atoms with E-state index in [1.165, 1.54) is 63.9 Å². The van der Waals surface area contributed by atoms with E-state index in [4.69, 9.17) is 4.42 Å². The molecule has 0 saturated carbocycles. The van der Waals surface area contributed by atoms with E-state index >= 15 is 0 Å². The molecular weight excluding hydrogens is 615 g/mol. The van der Waals surface area contributed by atoms with Crippen LogP contribution in [0.25, 0.3) is 103 Å². The Hall–Kier alpha value is -6.16. The molecule has 0 unspecified atom stereocenters. The van der Waals surface area contributed by atoms with Gasteiger partial charge in [0, 0.05) is 53.0 Å². The molecule has 0 N–H and O–H groups in total. The zero-order valence-corrected chi connectivity index (χ0v) is 27.2. The summed E-state index contributed by atoms with van der Waals surface area (Å²) >= 11 is 1.88. The van der Waals surface area contributed by atoms with Crippen molar-refractivity contribution in [3.63, 3.8) is 0 Å². The lowest BCUT2D eigenvalue weighted by atomic mass is 9.92. The summed E-state index contributed by atoms with van der Waals surface area (Å²) in [5, 5.41) is 9.76. The molecule has 11 aromatic rings. The van der Waals surface area contributed by atoms with Crippen molar-refractivity contribution in [3.05, 3.63) is 164 Å². The number of para-hydroxylation sites is 3. The van der Waals surface area contributed by atoms with Crippen molar-refractivity contribution in [1.29, 1.82) is 0 Å². The number of rotatable bonds is 3. The second-order valence-corrected chi connectivity index (χ2v) is 13.9. The van der Waals surface area contributed by atoms with Gasteiger partial charge in [0.15, 0.2) is 0 Å². The molecule has 0 atom stereocenters. The molecular formula is C46H27NOS. The quantitative estimate of drug-likeness (QED) is 0.188. The van der Waals surface area contributed by atoms with Crippen LogP contribution in [0.5, 0.6) is 0 Å². The van der Waals surface area contributed by atoms with Gasteiger partial charge in [-0.15, -0.1) is 11.3 Å². The molecule has 2 nitrogen and oxygen atoms in total. The van der Waals surface area contributed by atoms with Crippen LogP contribution in [-0.4, -0.2) is 4.57 Å². The van der Waals surface area contributed by atoms with Gasteiger partial charge in [-0.1, -0.05) is 115 Å². The normalized spacial score (nSPS) is 12.1. The van der Waals surface area contributed by atoms with Gasteiger partial charge in [-0.2, -0.15) is 0 Å². The Morgan fingerprint density at radius 2 is 1.08 bits per heavy atom. The van der Waals surface area contributed by atoms with Crippen LogP contribution < -0.4 is 0 Å². The van der Waals surface area contributed by atoms with E-state index in [1.807, 2.05) is 11.3 Å². The van der Waals surface area contributed by atoms with Gasteiger partial charge in [0.2, 0.25) is 0 Å². The molecule has 228 valence electrons.